The molecule has 1 amide bonds. The van der Waals surface area contributed by atoms with Crippen LogP contribution in [0.5, 0.6) is 0 Å². The Morgan fingerprint density at radius 1 is 1.17 bits per heavy atom. The van der Waals surface area contributed by atoms with E-state index in [4.69, 9.17) is 4.74 Å². The molecule has 9 heteroatoms. The Balaban J connectivity index is 1.52. The molecule has 0 spiro atoms. The van der Waals surface area contributed by atoms with E-state index in [2.05, 4.69) is 20.3 Å². The molecule has 1 fully saturated rings. The number of benzene rings is 1. The predicted octanol–water partition coefficient (Wildman–Crippen LogP) is 3.24. The van der Waals surface area contributed by atoms with Crippen LogP contribution in [0, 0.1) is 5.92 Å². The van der Waals surface area contributed by atoms with Crippen LogP contribution >= 0.6 is 11.3 Å². The highest BCUT2D eigenvalue weighted by Gasteiger charge is 2.28. The molecule has 30 heavy (non-hydrogen) atoms. The largest absolute Gasteiger partial charge is 0.464 e. The van der Waals surface area contributed by atoms with Gasteiger partial charge in [0, 0.05) is 25.5 Å². The smallest absolute Gasteiger partial charge is 0.358 e. The first-order valence-electron chi connectivity index (χ1n) is 9.63. The van der Waals surface area contributed by atoms with Crippen molar-refractivity contribution in [2.75, 3.05) is 30.4 Å². The van der Waals surface area contributed by atoms with Gasteiger partial charge in [0.25, 0.3) is 0 Å². The van der Waals surface area contributed by atoms with Gasteiger partial charge in [-0.05, 0) is 24.5 Å². The van der Waals surface area contributed by atoms with E-state index in [0.717, 1.165) is 24.9 Å². The number of amides is 1. The van der Waals surface area contributed by atoms with Crippen molar-refractivity contribution in [1.82, 2.24) is 15.0 Å². The lowest BCUT2D eigenvalue weighted by Crippen LogP contribution is -2.41. The summed E-state index contributed by atoms with van der Waals surface area (Å²) < 4.78 is 4.87. The van der Waals surface area contributed by atoms with E-state index in [1.807, 2.05) is 35.2 Å². The lowest BCUT2D eigenvalue weighted by molar-refractivity contribution is -0.120. The van der Waals surface area contributed by atoms with Crippen LogP contribution in [0.1, 0.15) is 23.3 Å². The number of anilines is 2. The molecule has 3 heterocycles. The van der Waals surface area contributed by atoms with Crippen LogP contribution in [0.3, 0.4) is 0 Å². The molecule has 0 radical (unpaired) electrons. The van der Waals surface area contributed by atoms with E-state index in [1.54, 1.807) is 18.5 Å². The van der Waals surface area contributed by atoms with Crippen molar-refractivity contribution in [3.63, 3.8) is 0 Å². The number of rotatable bonds is 5. The molecule has 154 valence electrons. The van der Waals surface area contributed by atoms with Crippen molar-refractivity contribution < 1.29 is 14.3 Å². The van der Waals surface area contributed by atoms with E-state index in [-0.39, 0.29) is 17.5 Å². The van der Waals surface area contributed by atoms with Crippen LogP contribution in [0.15, 0.2) is 48.8 Å². The zero-order valence-electron chi connectivity index (χ0n) is 16.4. The van der Waals surface area contributed by atoms with Crippen LogP contribution in [0.4, 0.5) is 11.1 Å². The zero-order valence-corrected chi connectivity index (χ0v) is 17.3. The van der Waals surface area contributed by atoms with E-state index in [1.165, 1.54) is 18.4 Å². The maximum absolute atomic E-state index is 12.9. The van der Waals surface area contributed by atoms with Crippen LogP contribution in [0.25, 0.3) is 10.4 Å². The van der Waals surface area contributed by atoms with E-state index < -0.39 is 5.97 Å². The van der Waals surface area contributed by atoms with Gasteiger partial charge in [-0.1, -0.05) is 41.7 Å². The third-order valence-corrected chi connectivity index (χ3v) is 5.92. The predicted molar refractivity (Wildman–Crippen MR) is 114 cm³/mol. The second-order valence-electron chi connectivity index (χ2n) is 6.88. The summed E-state index contributed by atoms with van der Waals surface area (Å²) in [5.74, 6) is -0.243. The van der Waals surface area contributed by atoms with Crippen LogP contribution in [-0.4, -0.2) is 47.0 Å². The maximum atomic E-state index is 12.9. The van der Waals surface area contributed by atoms with Crippen molar-refractivity contribution in [2.24, 2.45) is 5.92 Å². The van der Waals surface area contributed by atoms with Crippen molar-refractivity contribution in [3.05, 3.63) is 54.5 Å². The Labute approximate surface area is 178 Å². The summed E-state index contributed by atoms with van der Waals surface area (Å²) in [7, 11) is 1.32. The molecular formula is C21H21N5O3S. The molecule has 0 saturated carbocycles. The standard InChI is InChI=1S/C21H21N5O3S/c1-29-19(28)16-17(14-7-3-2-4-8-14)30-21(24-16)25-18(27)15-9-5-12-26(13-15)20-22-10-6-11-23-20/h2-4,6-8,10-11,15H,5,9,12-13H2,1H3,(H,24,25,27)/t15-/m1/s1. The summed E-state index contributed by atoms with van der Waals surface area (Å²) in [6.07, 6.45) is 5.04. The van der Waals surface area contributed by atoms with Gasteiger partial charge in [0.2, 0.25) is 11.9 Å². The lowest BCUT2D eigenvalue weighted by atomic mass is 9.97. The number of ether oxygens (including phenoxy) is 1. The molecule has 1 aliphatic rings. The normalized spacial score (nSPS) is 16.2. The first kappa shape index (κ1) is 20.0. The minimum Gasteiger partial charge on any atom is -0.464 e. The quantitative estimate of drug-likeness (QED) is 0.629. The van der Waals surface area contributed by atoms with E-state index >= 15 is 0 Å². The molecule has 1 aromatic carbocycles. The Hall–Kier alpha value is -3.33. The second kappa shape index (κ2) is 9.00. The van der Waals surface area contributed by atoms with Gasteiger partial charge in [0.05, 0.1) is 17.9 Å². The van der Waals surface area contributed by atoms with Crippen LogP contribution in [-0.2, 0) is 9.53 Å². The third-order valence-electron chi connectivity index (χ3n) is 4.90. The Bertz CT molecular complexity index is 1030. The van der Waals surface area contributed by atoms with Crippen molar-refractivity contribution in [2.45, 2.75) is 12.8 Å². The van der Waals surface area contributed by atoms with Crippen LogP contribution < -0.4 is 10.2 Å². The molecule has 4 rings (SSSR count). The molecule has 3 aromatic rings. The summed E-state index contributed by atoms with van der Waals surface area (Å²) in [5.41, 5.74) is 1.05. The van der Waals surface area contributed by atoms with Crippen molar-refractivity contribution in [3.8, 4) is 10.4 Å². The highest BCUT2D eigenvalue weighted by Crippen LogP contribution is 2.34. The molecule has 2 aromatic heterocycles. The number of esters is 1. The monoisotopic (exact) mass is 423 g/mol. The number of thiazole rings is 1. The number of nitrogens with one attached hydrogen (secondary N) is 1. The number of hydrogen-bond acceptors (Lipinski definition) is 8. The SMILES string of the molecule is COC(=O)c1nc(NC(=O)[C@@H]2CCCN(c3ncccn3)C2)sc1-c1ccccc1. The molecule has 1 saturated heterocycles. The number of hydrogen-bond donors (Lipinski definition) is 1. The molecule has 1 N–H and O–H groups in total. The fourth-order valence-electron chi connectivity index (χ4n) is 3.43. The topological polar surface area (TPSA) is 97.3 Å². The average Bonchev–Trinajstić information content (AvgIpc) is 3.23. The van der Waals surface area contributed by atoms with Gasteiger partial charge in [-0.15, -0.1) is 0 Å². The minimum absolute atomic E-state index is 0.125. The molecule has 0 aliphatic carbocycles. The Morgan fingerprint density at radius 2 is 1.93 bits per heavy atom. The number of aromatic nitrogens is 3. The van der Waals surface area contributed by atoms with Crippen molar-refractivity contribution >= 4 is 34.3 Å². The summed E-state index contributed by atoms with van der Waals surface area (Å²) in [6.45, 7) is 1.35. The van der Waals surface area contributed by atoms with Crippen LogP contribution in [0.2, 0.25) is 0 Å². The van der Waals surface area contributed by atoms with E-state index in [0.29, 0.717) is 22.5 Å². The molecule has 0 bridgehead atoms. The summed E-state index contributed by atoms with van der Waals surface area (Å²) in [6, 6.07) is 11.2. The third kappa shape index (κ3) is 4.30. The summed E-state index contributed by atoms with van der Waals surface area (Å²) in [4.78, 5) is 40.7. The van der Waals surface area contributed by atoms with Gasteiger partial charge < -0.3 is 15.0 Å². The van der Waals surface area contributed by atoms with Gasteiger partial charge in [-0.3, -0.25) is 4.79 Å². The minimum atomic E-state index is -0.532. The highest BCUT2D eigenvalue weighted by atomic mass is 32.1. The fourth-order valence-corrected chi connectivity index (χ4v) is 4.39. The number of carbonyl (C=O) groups excluding carboxylic acids is 2. The molecule has 1 aliphatic heterocycles. The molecule has 0 unspecified atom stereocenters. The molecule has 8 nitrogen and oxygen atoms in total. The molecular weight excluding hydrogens is 402 g/mol. The van der Waals surface area contributed by atoms with Gasteiger partial charge >= 0.3 is 5.97 Å². The van der Waals surface area contributed by atoms with Gasteiger partial charge in [0.15, 0.2) is 10.8 Å². The number of nitrogens with zero attached hydrogens (tertiary/aromatic N) is 4. The molecule has 1 atom stereocenters. The Morgan fingerprint density at radius 3 is 2.67 bits per heavy atom. The van der Waals surface area contributed by atoms with Crippen molar-refractivity contribution in [1.29, 1.82) is 0 Å². The first-order valence-corrected chi connectivity index (χ1v) is 10.4. The Kier molecular flexibility index (Phi) is 5.99. The lowest BCUT2D eigenvalue weighted by Gasteiger charge is -2.31. The number of methoxy groups -OCH3 is 1. The fraction of sp³-hybridized carbons (Fsp3) is 0.286. The average molecular weight is 423 g/mol. The summed E-state index contributed by atoms with van der Waals surface area (Å²) >= 11 is 1.26. The first-order chi connectivity index (χ1) is 14.7. The number of carbonyl (C=O) groups is 2. The highest BCUT2D eigenvalue weighted by molar-refractivity contribution is 7.19. The van der Waals surface area contributed by atoms with Gasteiger partial charge in [0.1, 0.15) is 0 Å². The van der Waals surface area contributed by atoms with E-state index in [9.17, 15) is 9.59 Å². The zero-order chi connectivity index (χ0) is 20.9. The van der Waals surface area contributed by atoms with Gasteiger partial charge in [-0.2, -0.15) is 0 Å². The second-order valence-corrected chi connectivity index (χ2v) is 7.88. The summed E-state index contributed by atoms with van der Waals surface area (Å²) in [5, 5.41) is 3.27. The maximum Gasteiger partial charge on any atom is 0.358 e. The van der Waals surface area contributed by atoms with Gasteiger partial charge in [-0.25, -0.2) is 19.7 Å². The number of piperidine rings is 1.